The molecular formula is C25H38BrClN3O2+. The molecule has 0 aromatic heterocycles. The number of benzene rings is 1. The molecule has 0 radical (unpaired) electrons. The Labute approximate surface area is 206 Å². The van der Waals surface area contributed by atoms with E-state index in [2.05, 4.69) is 61.0 Å². The van der Waals surface area contributed by atoms with E-state index in [0.717, 1.165) is 42.4 Å². The molecule has 1 aliphatic heterocycles. The van der Waals surface area contributed by atoms with Crippen molar-refractivity contribution in [2.45, 2.75) is 71.4 Å². The van der Waals surface area contributed by atoms with E-state index in [1.54, 1.807) is 6.07 Å². The minimum absolute atomic E-state index is 0.176. The lowest BCUT2D eigenvalue weighted by atomic mass is 9.81. The van der Waals surface area contributed by atoms with Crippen molar-refractivity contribution >= 4 is 45.0 Å². The van der Waals surface area contributed by atoms with Gasteiger partial charge in [0.15, 0.2) is 0 Å². The highest BCUT2D eigenvalue weighted by atomic mass is 79.9. The number of amides is 2. The second-order valence-corrected chi connectivity index (χ2v) is 11.3. The van der Waals surface area contributed by atoms with Crippen LogP contribution < -0.4 is 10.2 Å². The first kappa shape index (κ1) is 25.5. The number of halogens is 2. The van der Waals surface area contributed by atoms with Gasteiger partial charge < -0.3 is 10.2 Å². The fourth-order valence-electron chi connectivity index (χ4n) is 5.64. The summed E-state index contributed by atoms with van der Waals surface area (Å²) < 4.78 is 1.22. The molecule has 2 aliphatic rings. The molecular weight excluding hydrogens is 490 g/mol. The summed E-state index contributed by atoms with van der Waals surface area (Å²) in [7, 11) is 4.13. The zero-order valence-corrected chi connectivity index (χ0v) is 22.4. The normalized spacial score (nSPS) is 28.7. The maximum absolute atomic E-state index is 13.4. The molecule has 1 aromatic carbocycles. The van der Waals surface area contributed by atoms with Crippen LogP contribution in [0.4, 0.5) is 5.69 Å². The minimum Gasteiger partial charge on any atom is -0.371 e. The van der Waals surface area contributed by atoms with Crippen LogP contribution in [0.15, 0.2) is 16.6 Å². The Bertz CT molecular complexity index is 858. The van der Waals surface area contributed by atoms with Crippen molar-refractivity contribution in [2.24, 2.45) is 11.8 Å². The highest BCUT2D eigenvalue weighted by Crippen LogP contribution is 2.37. The lowest BCUT2D eigenvalue weighted by Gasteiger charge is -2.46. The summed E-state index contributed by atoms with van der Waals surface area (Å²) in [6.07, 6.45) is 6.74. The van der Waals surface area contributed by atoms with E-state index in [0.29, 0.717) is 33.7 Å². The van der Waals surface area contributed by atoms with Crippen molar-refractivity contribution in [3.63, 3.8) is 0 Å². The fourth-order valence-corrected chi connectivity index (χ4v) is 6.54. The van der Waals surface area contributed by atoms with Gasteiger partial charge in [0.25, 0.3) is 5.91 Å². The van der Waals surface area contributed by atoms with Crippen LogP contribution in [0.2, 0.25) is 5.02 Å². The lowest BCUT2D eigenvalue weighted by molar-refractivity contribution is -0.865. The molecule has 178 valence electrons. The van der Waals surface area contributed by atoms with Gasteiger partial charge in [-0.3, -0.25) is 9.28 Å². The third-order valence-electron chi connectivity index (χ3n) is 7.88. The van der Waals surface area contributed by atoms with Gasteiger partial charge >= 0.3 is 5.91 Å². The van der Waals surface area contributed by atoms with E-state index < -0.39 is 0 Å². The molecule has 0 spiro atoms. The lowest BCUT2D eigenvalue weighted by Crippen LogP contribution is -2.64. The Balaban J connectivity index is 1.76. The van der Waals surface area contributed by atoms with E-state index in [1.807, 2.05) is 6.07 Å². The minimum atomic E-state index is -0.191. The molecule has 4 unspecified atom stereocenters. The predicted molar refractivity (Wildman–Crippen MR) is 135 cm³/mol. The Kier molecular flexibility index (Phi) is 8.32. The summed E-state index contributed by atoms with van der Waals surface area (Å²) in [4.78, 5) is 28.8. The van der Waals surface area contributed by atoms with E-state index in [-0.39, 0.29) is 23.7 Å². The smallest absolute Gasteiger partial charge is 0.318 e. The second-order valence-electron chi connectivity index (χ2n) is 10.0. The molecule has 1 N–H and O–H groups in total. The van der Waals surface area contributed by atoms with Gasteiger partial charge in [-0.25, -0.2) is 4.79 Å². The fraction of sp³-hybridized carbons (Fsp3) is 0.680. The number of rotatable bonds is 7. The van der Waals surface area contributed by atoms with E-state index >= 15 is 0 Å². The van der Waals surface area contributed by atoms with Crippen LogP contribution in [0.1, 0.15) is 69.7 Å². The van der Waals surface area contributed by atoms with Gasteiger partial charge in [0.2, 0.25) is 0 Å². The third kappa shape index (κ3) is 5.02. The molecule has 4 atom stereocenters. The quantitative estimate of drug-likeness (QED) is 0.467. The number of hydrogen-bond acceptors (Lipinski definition) is 3. The van der Waals surface area contributed by atoms with Crippen LogP contribution in [0, 0.1) is 11.8 Å². The summed E-state index contributed by atoms with van der Waals surface area (Å²) in [6.45, 7) is 7.62. The van der Waals surface area contributed by atoms with Crippen molar-refractivity contribution in [3.05, 3.63) is 27.2 Å². The third-order valence-corrected chi connectivity index (χ3v) is 8.93. The van der Waals surface area contributed by atoms with E-state index in [1.165, 1.54) is 12.8 Å². The molecule has 0 bridgehead atoms. The number of piperidine rings is 1. The van der Waals surface area contributed by atoms with Gasteiger partial charge in [0.1, 0.15) is 0 Å². The van der Waals surface area contributed by atoms with Gasteiger partial charge in [-0.1, -0.05) is 38.3 Å². The first-order valence-corrected chi connectivity index (χ1v) is 13.2. The number of nitrogens with one attached hydrogen (secondary N) is 1. The monoisotopic (exact) mass is 526 g/mol. The highest BCUT2D eigenvalue weighted by Gasteiger charge is 2.48. The molecule has 2 fully saturated rings. The van der Waals surface area contributed by atoms with Gasteiger partial charge in [-0.2, -0.15) is 0 Å². The topological polar surface area (TPSA) is 49.4 Å². The average Bonchev–Trinajstić information content (AvgIpc) is 3.28. The maximum atomic E-state index is 13.4. The molecule has 1 heterocycles. The Morgan fingerprint density at radius 1 is 1.28 bits per heavy atom. The molecule has 2 amide bonds. The molecule has 1 aliphatic carbocycles. The van der Waals surface area contributed by atoms with Crippen LogP contribution in [0.25, 0.3) is 0 Å². The number of quaternary nitrogens is 1. The number of anilines is 1. The largest absolute Gasteiger partial charge is 0.371 e. The SMILES string of the molecule is CCC[N+]1(C)C(=O)C(CNC(=O)c2cc(Cl)cc(N(C)C3CCCC3)c2Br)C(C)CC1C. The molecule has 1 saturated carbocycles. The summed E-state index contributed by atoms with van der Waals surface area (Å²) in [6, 6.07) is 4.40. The van der Waals surface area contributed by atoms with Gasteiger partial charge in [0.05, 0.1) is 41.3 Å². The Morgan fingerprint density at radius 3 is 2.56 bits per heavy atom. The molecule has 5 nitrogen and oxygen atoms in total. The zero-order chi connectivity index (χ0) is 23.6. The number of carbonyl (C=O) groups is 2. The number of likely N-dealkylation sites (tertiary alicyclic amines) is 1. The first-order chi connectivity index (χ1) is 15.1. The van der Waals surface area contributed by atoms with Gasteiger partial charge in [0, 0.05) is 31.1 Å². The van der Waals surface area contributed by atoms with E-state index in [4.69, 9.17) is 11.6 Å². The van der Waals surface area contributed by atoms with Crippen LogP contribution in [0.5, 0.6) is 0 Å². The summed E-state index contributed by atoms with van der Waals surface area (Å²) in [5, 5.41) is 3.59. The van der Waals surface area contributed by atoms with Crippen molar-refractivity contribution in [3.8, 4) is 0 Å². The van der Waals surface area contributed by atoms with Crippen LogP contribution in [0.3, 0.4) is 0 Å². The molecule has 7 heteroatoms. The van der Waals surface area contributed by atoms with Crippen LogP contribution in [-0.4, -0.2) is 55.6 Å². The summed E-state index contributed by atoms with van der Waals surface area (Å²) >= 11 is 10.1. The second kappa shape index (κ2) is 10.4. The van der Waals surface area contributed by atoms with Gasteiger partial charge in [-0.05, 0) is 60.2 Å². The maximum Gasteiger partial charge on any atom is 0.318 e. The van der Waals surface area contributed by atoms with Crippen molar-refractivity contribution in [1.82, 2.24) is 5.32 Å². The average molecular weight is 528 g/mol. The standard InChI is InChI=1S/C25H37BrClN3O2/c1-6-11-30(5)17(3)12-16(2)21(25(30)32)15-28-24(31)20-13-18(27)14-22(23(20)26)29(4)19-9-7-8-10-19/h13-14,16-17,19,21H,6-12,15H2,1-5H3/p+1. The Hall–Kier alpha value is -1.11. The molecule has 1 aromatic rings. The number of carbonyl (C=O) groups excluding carboxylic acids is 2. The number of hydrogen-bond donors (Lipinski definition) is 1. The van der Waals surface area contributed by atoms with Crippen LogP contribution >= 0.6 is 27.5 Å². The summed E-state index contributed by atoms with van der Waals surface area (Å²) in [5.41, 5.74) is 1.46. The zero-order valence-electron chi connectivity index (χ0n) is 20.1. The number of nitrogens with zero attached hydrogens (tertiary/aromatic N) is 2. The van der Waals surface area contributed by atoms with Crippen molar-refractivity contribution in [1.29, 1.82) is 0 Å². The first-order valence-electron chi connectivity index (χ1n) is 12.0. The molecule has 1 saturated heterocycles. The summed E-state index contributed by atoms with van der Waals surface area (Å²) in [5.74, 6) is 0.118. The van der Waals surface area contributed by atoms with Crippen LogP contribution in [-0.2, 0) is 4.79 Å². The van der Waals surface area contributed by atoms with E-state index in [9.17, 15) is 9.59 Å². The molecule has 32 heavy (non-hydrogen) atoms. The Morgan fingerprint density at radius 2 is 1.94 bits per heavy atom. The highest BCUT2D eigenvalue weighted by molar-refractivity contribution is 9.10. The predicted octanol–water partition coefficient (Wildman–Crippen LogP) is 5.64. The molecule has 3 rings (SSSR count). The van der Waals surface area contributed by atoms with Crippen molar-refractivity contribution < 1.29 is 14.1 Å². The van der Waals surface area contributed by atoms with Gasteiger partial charge in [-0.15, -0.1) is 0 Å². The van der Waals surface area contributed by atoms with Crippen molar-refractivity contribution in [2.75, 3.05) is 32.1 Å².